The molecule has 7 nitrogen and oxygen atoms in total. The molecule has 1 heterocycles. The summed E-state index contributed by atoms with van der Waals surface area (Å²) in [4.78, 5) is 9.98. The number of benzene rings is 1. The lowest BCUT2D eigenvalue weighted by atomic mass is 10.1. The summed E-state index contributed by atoms with van der Waals surface area (Å²) in [5.74, 6) is 0.799. The fourth-order valence-corrected chi connectivity index (χ4v) is 4.53. The average molecular weight is 552 g/mol. The summed E-state index contributed by atoms with van der Waals surface area (Å²) >= 11 is 0. The van der Waals surface area contributed by atoms with Gasteiger partial charge in [0.1, 0.15) is 0 Å². The second-order valence-corrected chi connectivity index (χ2v) is 9.83. The zero-order chi connectivity index (χ0) is 21.3. The second-order valence-electron chi connectivity index (χ2n) is 7.85. The van der Waals surface area contributed by atoms with Crippen molar-refractivity contribution < 1.29 is 8.42 Å². The van der Waals surface area contributed by atoms with Crippen LogP contribution in [0.1, 0.15) is 30.9 Å². The number of nitrogens with zero attached hydrogens (tertiary/aromatic N) is 3. The molecule has 0 spiro atoms. The van der Waals surface area contributed by atoms with Gasteiger partial charge in [0.15, 0.2) is 15.8 Å². The predicted molar refractivity (Wildman–Crippen MR) is 136 cm³/mol. The number of hydrogen-bond acceptors (Lipinski definition) is 5. The van der Waals surface area contributed by atoms with Gasteiger partial charge < -0.3 is 20.4 Å². The molecule has 30 heavy (non-hydrogen) atoms. The largest absolute Gasteiger partial charge is 0.357 e. The van der Waals surface area contributed by atoms with E-state index in [0.29, 0.717) is 11.4 Å². The minimum Gasteiger partial charge on any atom is -0.357 e. The van der Waals surface area contributed by atoms with Gasteiger partial charge in [-0.1, -0.05) is 12.1 Å². The van der Waals surface area contributed by atoms with Gasteiger partial charge in [0.25, 0.3) is 0 Å². The van der Waals surface area contributed by atoms with E-state index in [-0.39, 0.29) is 24.0 Å². The summed E-state index contributed by atoms with van der Waals surface area (Å²) in [5, 5.41) is 6.69. The van der Waals surface area contributed by atoms with Crippen LogP contribution in [-0.2, 0) is 16.4 Å². The van der Waals surface area contributed by atoms with Gasteiger partial charge in [0.2, 0.25) is 0 Å². The van der Waals surface area contributed by atoms with Crippen LogP contribution in [0, 0.1) is 6.92 Å². The normalized spacial score (nSPS) is 16.6. The summed E-state index contributed by atoms with van der Waals surface area (Å²) in [6, 6.07) is 5.42. The zero-order valence-corrected chi connectivity index (χ0v) is 21.9. The predicted octanol–water partition coefficient (Wildman–Crippen LogP) is 2.10. The first-order valence-electron chi connectivity index (χ1n) is 10.5. The zero-order valence-electron chi connectivity index (χ0n) is 18.8. The molecular formula is C21H38IN5O2S. The minimum absolute atomic E-state index is 0. The number of hydrogen-bond donors (Lipinski definition) is 2. The first-order chi connectivity index (χ1) is 13.8. The molecule has 1 saturated heterocycles. The molecule has 172 valence electrons. The Morgan fingerprint density at radius 1 is 1.17 bits per heavy atom. The van der Waals surface area contributed by atoms with Crippen LogP contribution < -0.4 is 10.6 Å². The van der Waals surface area contributed by atoms with E-state index >= 15 is 0 Å². The lowest BCUT2D eigenvalue weighted by Gasteiger charge is -2.20. The van der Waals surface area contributed by atoms with Crippen molar-refractivity contribution in [3.8, 4) is 0 Å². The Kier molecular flexibility index (Phi) is 12.2. The first-order valence-corrected chi connectivity index (χ1v) is 12.4. The van der Waals surface area contributed by atoms with Crippen LogP contribution in [0.4, 0.5) is 0 Å². The summed E-state index contributed by atoms with van der Waals surface area (Å²) in [5.41, 5.74) is 1.77. The van der Waals surface area contributed by atoms with Gasteiger partial charge in [-0.05, 0) is 70.6 Å². The van der Waals surface area contributed by atoms with Crippen molar-refractivity contribution in [3.63, 3.8) is 0 Å². The van der Waals surface area contributed by atoms with Crippen LogP contribution in [-0.4, -0.2) is 83.3 Å². The van der Waals surface area contributed by atoms with Crippen LogP contribution in [0.25, 0.3) is 0 Å². The van der Waals surface area contributed by atoms with Gasteiger partial charge in [-0.3, -0.25) is 0 Å². The standard InChI is InChI=1S/C21H37N5O2S.HI/c1-5-22-21(23-10-6-12-26-13-7-11-25(3)14-15-26)24-17-19-8-9-20(18(2)16-19)29(4,27)28;/h8-9,16H,5-7,10-15,17H2,1-4H3,(H2,22,23,24);1H. The number of aliphatic imine (C=N–C) groups is 1. The summed E-state index contributed by atoms with van der Waals surface area (Å²) in [7, 11) is -0.992. The molecule has 9 heteroatoms. The van der Waals surface area contributed by atoms with Gasteiger partial charge in [0.05, 0.1) is 11.4 Å². The molecule has 1 aromatic rings. The Morgan fingerprint density at radius 2 is 1.93 bits per heavy atom. The summed E-state index contributed by atoms with van der Waals surface area (Å²) in [6.45, 7) is 11.8. The monoisotopic (exact) mass is 551 g/mol. The van der Waals surface area contributed by atoms with Gasteiger partial charge in [0, 0.05) is 32.4 Å². The van der Waals surface area contributed by atoms with E-state index < -0.39 is 9.84 Å². The Bertz CT molecular complexity index is 786. The van der Waals surface area contributed by atoms with Crippen molar-refractivity contribution in [2.75, 3.05) is 59.1 Å². The van der Waals surface area contributed by atoms with E-state index in [0.717, 1.165) is 56.2 Å². The number of likely N-dealkylation sites (N-methyl/N-ethyl adjacent to an activating group) is 1. The molecule has 1 aliphatic heterocycles. The highest BCUT2D eigenvalue weighted by Gasteiger charge is 2.12. The van der Waals surface area contributed by atoms with Crippen LogP contribution in [0.5, 0.6) is 0 Å². The molecule has 1 aliphatic rings. The smallest absolute Gasteiger partial charge is 0.191 e. The van der Waals surface area contributed by atoms with E-state index in [1.165, 1.54) is 25.8 Å². The van der Waals surface area contributed by atoms with Gasteiger partial charge in [-0.25, -0.2) is 13.4 Å². The van der Waals surface area contributed by atoms with Crippen molar-refractivity contribution in [1.82, 2.24) is 20.4 Å². The van der Waals surface area contributed by atoms with Crippen LogP contribution >= 0.6 is 24.0 Å². The lowest BCUT2D eigenvalue weighted by molar-refractivity contribution is 0.274. The number of guanidine groups is 1. The average Bonchev–Trinajstić information content (AvgIpc) is 2.86. The van der Waals surface area contributed by atoms with E-state index in [1.807, 2.05) is 19.1 Å². The first kappa shape index (κ1) is 27.1. The van der Waals surface area contributed by atoms with Crippen molar-refractivity contribution >= 4 is 39.8 Å². The van der Waals surface area contributed by atoms with Crippen LogP contribution in [0.15, 0.2) is 28.1 Å². The Labute approximate surface area is 199 Å². The molecule has 1 fully saturated rings. The molecular weight excluding hydrogens is 513 g/mol. The van der Waals surface area contributed by atoms with Crippen LogP contribution in [0.3, 0.4) is 0 Å². The van der Waals surface area contributed by atoms with E-state index in [4.69, 9.17) is 0 Å². The molecule has 0 radical (unpaired) electrons. The van der Waals surface area contributed by atoms with Gasteiger partial charge in [-0.2, -0.15) is 0 Å². The van der Waals surface area contributed by atoms with E-state index in [9.17, 15) is 8.42 Å². The fraction of sp³-hybridized carbons (Fsp3) is 0.667. The second kappa shape index (κ2) is 13.5. The number of nitrogens with one attached hydrogen (secondary N) is 2. The maximum atomic E-state index is 11.8. The summed E-state index contributed by atoms with van der Waals surface area (Å²) < 4.78 is 23.5. The SMILES string of the molecule is CCNC(=NCc1ccc(S(C)(=O)=O)c(C)c1)NCCCN1CCCN(C)CC1.I. The van der Waals surface area contributed by atoms with Crippen LogP contribution in [0.2, 0.25) is 0 Å². The molecule has 2 N–H and O–H groups in total. The molecule has 0 aromatic heterocycles. The molecule has 0 saturated carbocycles. The molecule has 0 atom stereocenters. The topological polar surface area (TPSA) is 77.0 Å². The highest BCUT2D eigenvalue weighted by Crippen LogP contribution is 2.17. The van der Waals surface area contributed by atoms with Crippen molar-refractivity contribution in [2.45, 2.75) is 38.1 Å². The molecule has 2 rings (SSSR count). The Balaban J connectivity index is 0.00000450. The third kappa shape index (κ3) is 9.49. The molecule has 1 aromatic carbocycles. The minimum atomic E-state index is -3.19. The molecule has 0 bridgehead atoms. The quantitative estimate of drug-likeness (QED) is 0.223. The summed E-state index contributed by atoms with van der Waals surface area (Å²) in [6.07, 6.45) is 3.56. The van der Waals surface area contributed by atoms with E-state index in [1.54, 1.807) is 6.07 Å². The fourth-order valence-electron chi connectivity index (χ4n) is 3.57. The van der Waals surface area contributed by atoms with Crippen molar-refractivity contribution in [3.05, 3.63) is 29.3 Å². The highest BCUT2D eigenvalue weighted by molar-refractivity contribution is 14.0. The number of sulfone groups is 1. The number of aryl methyl sites for hydroxylation is 1. The molecule has 0 amide bonds. The Morgan fingerprint density at radius 3 is 2.60 bits per heavy atom. The highest BCUT2D eigenvalue weighted by atomic mass is 127. The number of halogens is 1. The third-order valence-electron chi connectivity index (χ3n) is 5.16. The maximum absolute atomic E-state index is 11.8. The lowest BCUT2D eigenvalue weighted by Crippen LogP contribution is -2.39. The Hall–Kier alpha value is -0.910. The van der Waals surface area contributed by atoms with Crippen molar-refractivity contribution in [1.29, 1.82) is 0 Å². The molecule has 0 aliphatic carbocycles. The molecule has 0 unspecified atom stereocenters. The number of rotatable bonds is 8. The van der Waals surface area contributed by atoms with Gasteiger partial charge >= 0.3 is 0 Å². The van der Waals surface area contributed by atoms with Gasteiger partial charge in [-0.15, -0.1) is 24.0 Å². The third-order valence-corrected chi connectivity index (χ3v) is 6.42. The van der Waals surface area contributed by atoms with Crippen molar-refractivity contribution in [2.24, 2.45) is 4.99 Å². The maximum Gasteiger partial charge on any atom is 0.191 e. The van der Waals surface area contributed by atoms with E-state index in [2.05, 4.69) is 39.4 Å².